The first-order chi connectivity index (χ1) is 18.1. The van der Waals surface area contributed by atoms with Crippen molar-refractivity contribution in [3.63, 3.8) is 0 Å². The van der Waals surface area contributed by atoms with E-state index < -0.39 is 5.41 Å². The number of carbonyl (C=O) groups excluding carboxylic acids is 1. The van der Waals surface area contributed by atoms with E-state index in [1.165, 1.54) is 12.1 Å². The van der Waals surface area contributed by atoms with Gasteiger partial charge < -0.3 is 21.7 Å². The van der Waals surface area contributed by atoms with Crippen LogP contribution in [0.3, 0.4) is 0 Å². The van der Waals surface area contributed by atoms with Crippen LogP contribution in [0, 0.1) is 23.6 Å². The molecule has 1 aliphatic heterocycles. The second kappa shape index (κ2) is 11.4. The number of nitrogens with zero attached hydrogens (tertiary/aromatic N) is 3. The Morgan fingerprint density at radius 2 is 1.97 bits per heavy atom. The van der Waals surface area contributed by atoms with Crippen LogP contribution in [0.25, 0.3) is 11.0 Å². The van der Waals surface area contributed by atoms with Crippen molar-refractivity contribution >= 4 is 16.9 Å². The smallest absolute Gasteiger partial charge is 0.311 e. The van der Waals surface area contributed by atoms with E-state index in [2.05, 4.69) is 5.16 Å². The minimum atomic E-state index is -0.578. The lowest BCUT2D eigenvalue weighted by Gasteiger charge is -2.40. The Kier molecular flexibility index (Phi) is 8.55. The summed E-state index contributed by atoms with van der Waals surface area (Å²) in [7, 11) is 0. The van der Waals surface area contributed by atoms with Gasteiger partial charge in [0.15, 0.2) is 5.58 Å². The fourth-order valence-electron chi connectivity index (χ4n) is 6.04. The summed E-state index contributed by atoms with van der Waals surface area (Å²) >= 11 is 0. The second-order valence-corrected chi connectivity index (χ2v) is 12.3. The lowest BCUT2D eigenvalue weighted by atomic mass is 9.67. The predicted molar refractivity (Wildman–Crippen MR) is 143 cm³/mol. The summed E-state index contributed by atoms with van der Waals surface area (Å²) in [6, 6.07) is 4.55. The molecule has 0 atom stereocenters. The largest absolute Gasteiger partial charge is 1.00 e. The molecule has 9 heteroatoms. The van der Waals surface area contributed by atoms with E-state index in [0.29, 0.717) is 18.6 Å². The summed E-state index contributed by atoms with van der Waals surface area (Å²) < 4.78 is 26.8. The van der Waals surface area contributed by atoms with Gasteiger partial charge in [-0.3, -0.25) is 14.2 Å². The van der Waals surface area contributed by atoms with Gasteiger partial charge in [-0.2, -0.15) is 0 Å². The highest BCUT2D eigenvalue weighted by Gasteiger charge is 2.39. The summed E-state index contributed by atoms with van der Waals surface area (Å²) in [6.45, 7) is 8.59. The molecule has 39 heavy (non-hydrogen) atoms. The second-order valence-electron chi connectivity index (χ2n) is 12.3. The third kappa shape index (κ3) is 6.06. The molecule has 0 radical (unpaired) electrons. The van der Waals surface area contributed by atoms with Gasteiger partial charge in [-0.15, -0.1) is 0 Å². The van der Waals surface area contributed by atoms with Crippen LogP contribution in [0.1, 0.15) is 94.4 Å². The van der Waals surface area contributed by atoms with Crippen LogP contribution in [0.2, 0.25) is 0 Å². The van der Waals surface area contributed by atoms with Crippen LogP contribution in [-0.2, 0) is 28.9 Å². The number of ether oxygens (including phenoxy) is 1. The monoisotopic (exact) mass is 558 g/mol. The lowest BCUT2D eigenvalue weighted by Crippen LogP contribution is -3.00. The van der Waals surface area contributed by atoms with Crippen molar-refractivity contribution in [2.75, 3.05) is 6.61 Å². The molecular weight excluding hydrogens is 521 g/mol. The summed E-state index contributed by atoms with van der Waals surface area (Å²) in [6.07, 6.45) is 7.68. The highest BCUT2D eigenvalue weighted by atomic mass is 35.5. The standard InChI is InChI=1S/C30H38FN3O4.ClH/c1-19-22(27(35)34-16-6-5-7-25(34)32-19)12-15-30(18-37-28(36)29(2,3)4)13-10-20(11-14-30)26-23-9-8-21(31)17-24(23)38-33-26;/h8-9,17,20H,5-7,10-16,18H2,1-4H3;1H/p-1. The molecule has 0 N–H and O–H groups in total. The zero-order chi connectivity index (χ0) is 27.1. The molecule has 5 rings (SSSR count). The van der Waals surface area contributed by atoms with Gasteiger partial charge in [0.25, 0.3) is 5.56 Å². The van der Waals surface area contributed by atoms with Gasteiger partial charge in [-0.05, 0) is 91.2 Å². The number of aryl methyl sites for hydroxylation is 2. The van der Waals surface area contributed by atoms with Crippen molar-refractivity contribution < 1.29 is 30.9 Å². The minimum absolute atomic E-state index is 0. The maximum absolute atomic E-state index is 13.6. The molecule has 1 aromatic carbocycles. The van der Waals surface area contributed by atoms with Crippen molar-refractivity contribution in [3.05, 3.63) is 57.1 Å². The number of rotatable bonds is 6. The summed E-state index contributed by atoms with van der Waals surface area (Å²) in [5.74, 6) is 0.532. The van der Waals surface area contributed by atoms with Crippen molar-refractivity contribution in [1.82, 2.24) is 14.7 Å². The number of hydrogen-bond donors (Lipinski definition) is 0. The Balaban J connectivity index is 0.00000353. The number of hydrogen-bond acceptors (Lipinski definition) is 6. The number of esters is 1. The topological polar surface area (TPSA) is 87.2 Å². The van der Waals surface area contributed by atoms with E-state index in [0.717, 1.165) is 86.1 Å². The van der Waals surface area contributed by atoms with Crippen LogP contribution < -0.4 is 18.0 Å². The van der Waals surface area contributed by atoms with Crippen molar-refractivity contribution in [3.8, 4) is 0 Å². The molecule has 0 saturated heterocycles. The van der Waals surface area contributed by atoms with Crippen LogP contribution in [0.4, 0.5) is 4.39 Å². The van der Waals surface area contributed by atoms with E-state index in [1.54, 1.807) is 6.07 Å². The maximum Gasteiger partial charge on any atom is 0.311 e. The van der Waals surface area contributed by atoms with Crippen LogP contribution in [0.15, 0.2) is 27.5 Å². The molecule has 2 aromatic heterocycles. The first-order valence-electron chi connectivity index (χ1n) is 13.9. The SMILES string of the molecule is Cc1nc2n(c(=O)c1CCC1(COC(=O)C(C)(C)C)CCC(c3noc4cc(F)ccc34)CC1)CCCC2.[Cl-]. The molecule has 0 unspecified atom stereocenters. The van der Waals surface area contributed by atoms with E-state index >= 15 is 0 Å². The number of aromatic nitrogens is 3. The Labute approximate surface area is 234 Å². The predicted octanol–water partition coefficient (Wildman–Crippen LogP) is 3.04. The van der Waals surface area contributed by atoms with Crippen LogP contribution >= 0.6 is 0 Å². The average Bonchev–Trinajstić information content (AvgIpc) is 3.30. The van der Waals surface area contributed by atoms with E-state index in [1.807, 2.05) is 32.3 Å². The maximum atomic E-state index is 13.6. The molecule has 0 bridgehead atoms. The summed E-state index contributed by atoms with van der Waals surface area (Å²) in [5, 5.41) is 5.15. The molecule has 3 heterocycles. The molecule has 1 fully saturated rings. The average molecular weight is 559 g/mol. The van der Waals surface area contributed by atoms with Gasteiger partial charge in [0.05, 0.1) is 17.7 Å². The summed E-state index contributed by atoms with van der Waals surface area (Å²) in [5.41, 5.74) is 2.21. The molecule has 7 nitrogen and oxygen atoms in total. The zero-order valence-corrected chi connectivity index (χ0v) is 24.1. The molecule has 2 aliphatic rings. The summed E-state index contributed by atoms with van der Waals surface area (Å²) in [4.78, 5) is 30.8. The number of fused-ring (bicyclic) bond motifs is 2. The molecule has 0 spiro atoms. The van der Waals surface area contributed by atoms with Gasteiger partial charge in [0, 0.05) is 47.0 Å². The van der Waals surface area contributed by atoms with Gasteiger partial charge in [-0.1, -0.05) is 5.16 Å². The zero-order valence-electron chi connectivity index (χ0n) is 23.3. The Hall–Kier alpha value is -2.74. The van der Waals surface area contributed by atoms with Gasteiger partial charge >= 0.3 is 5.97 Å². The van der Waals surface area contributed by atoms with Gasteiger partial charge in [-0.25, -0.2) is 9.37 Å². The molecule has 3 aromatic rings. The van der Waals surface area contributed by atoms with Crippen molar-refractivity contribution in [1.29, 1.82) is 0 Å². The molecule has 212 valence electrons. The number of halogens is 2. The lowest BCUT2D eigenvalue weighted by molar-refractivity contribution is -0.157. The molecular formula is C30H38ClFN3O4-. The molecule has 1 aliphatic carbocycles. The number of benzene rings is 1. The Morgan fingerprint density at radius 3 is 2.69 bits per heavy atom. The van der Waals surface area contributed by atoms with Crippen molar-refractivity contribution in [2.45, 2.75) is 97.9 Å². The fraction of sp³-hybridized carbons (Fsp3) is 0.600. The molecule has 1 saturated carbocycles. The van der Waals surface area contributed by atoms with Crippen LogP contribution in [-0.4, -0.2) is 27.3 Å². The highest BCUT2D eigenvalue weighted by molar-refractivity contribution is 5.80. The van der Waals surface area contributed by atoms with Crippen LogP contribution in [0.5, 0.6) is 0 Å². The minimum Gasteiger partial charge on any atom is -1.00 e. The van der Waals surface area contributed by atoms with E-state index in [9.17, 15) is 14.0 Å². The fourth-order valence-corrected chi connectivity index (χ4v) is 6.04. The first-order valence-corrected chi connectivity index (χ1v) is 13.9. The Morgan fingerprint density at radius 1 is 1.23 bits per heavy atom. The van der Waals surface area contributed by atoms with E-state index in [-0.39, 0.29) is 41.1 Å². The normalized spacial score (nSPS) is 21.3. The highest BCUT2D eigenvalue weighted by Crippen LogP contribution is 2.47. The third-order valence-corrected chi connectivity index (χ3v) is 8.50. The Bertz CT molecular complexity index is 1400. The number of carbonyl (C=O) groups is 1. The van der Waals surface area contributed by atoms with Gasteiger partial charge in [0.2, 0.25) is 0 Å². The quantitative estimate of drug-likeness (QED) is 0.432. The van der Waals surface area contributed by atoms with Gasteiger partial charge in [0.1, 0.15) is 11.6 Å². The van der Waals surface area contributed by atoms with E-state index in [4.69, 9.17) is 14.2 Å². The first kappa shape index (κ1) is 29.2. The van der Waals surface area contributed by atoms with Crippen molar-refractivity contribution in [2.24, 2.45) is 10.8 Å². The third-order valence-electron chi connectivity index (χ3n) is 8.50. The molecule has 0 amide bonds.